The fourth-order valence-electron chi connectivity index (χ4n) is 2.27. The monoisotopic (exact) mass is 308 g/mol. The van der Waals surface area contributed by atoms with E-state index in [0.29, 0.717) is 5.56 Å². The molecule has 6 nitrogen and oxygen atoms in total. The smallest absolute Gasteiger partial charge is 0.340 e. The molecule has 0 saturated heterocycles. The Balaban J connectivity index is 1.66. The van der Waals surface area contributed by atoms with E-state index in [4.69, 9.17) is 4.74 Å². The van der Waals surface area contributed by atoms with Crippen molar-refractivity contribution in [1.82, 2.24) is 20.0 Å². The Labute approximate surface area is 133 Å². The molecule has 0 atom stereocenters. The molecule has 0 bridgehead atoms. The molecule has 0 amide bonds. The second-order valence-corrected chi connectivity index (χ2v) is 5.21. The van der Waals surface area contributed by atoms with Crippen LogP contribution in [0, 0.1) is 13.8 Å². The molecule has 3 rings (SSSR count). The third-order valence-corrected chi connectivity index (χ3v) is 3.38. The van der Waals surface area contributed by atoms with Crippen LogP contribution in [0.1, 0.15) is 27.3 Å². The summed E-state index contributed by atoms with van der Waals surface area (Å²) in [6.07, 6.45) is 2.84. The summed E-state index contributed by atoms with van der Waals surface area (Å²) in [6, 6.07) is 11.3. The molecule has 0 aliphatic heterocycles. The minimum absolute atomic E-state index is 0.207. The van der Waals surface area contributed by atoms with Crippen LogP contribution in [-0.2, 0) is 11.3 Å². The highest BCUT2D eigenvalue weighted by molar-refractivity contribution is 5.88. The van der Waals surface area contributed by atoms with Gasteiger partial charge in [0.1, 0.15) is 6.61 Å². The number of aryl methyl sites for hydroxylation is 2. The maximum Gasteiger partial charge on any atom is 0.340 e. The predicted molar refractivity (Wildman–Crippen MR) is 84.2 cm³/mol. The average molecular weight is 308 g/mol. The van der Waals surface area contributed by atoms with Gasteiger partial charge >= 0.3 is 5.97 Å². The lowest BCUT2D eigenvalue weighted by molar-refractivity contribution is 0.0472. The molecule has 3 aromatic rings. The second-order valence-electron chi connectivity index (χ2n) is 5.21. The Bertz CT molecular complexity index is 810. The SMILES string of the molecule is Cc1cc(C)n(-c2ccc(COC(=O)c3ccnnc3)cc2)n1. The molecule has 0 fully saturated rings. The number of carbonyl (C=O) groups excluding carboxylic acids is 1. The Morgan fingerprint density at radius 3 is 2.52 bits per heavy atom. The molecule has 2 aromatic heterocycles. The predicted octanol–water partition coefficient (Wildman–Crippen LogP) is 2.64. The molecule has 0 saturated carbocycles. The van der Waals surface area contributed by atoms with Gasteiger partial charge in [-0.3, -0.25) is 0 Å². The number of hydrogen-bond donors (Lipinski definition) is 0. The van der Waals surface area contributed by atoms with E-state index in [2.05, 4.69) is 15.3 Å². The number of rotatable bonds is 4. The summed E-state index contributed by atoms with van der Waals surface area (Å²) >= 11 is 0. The molecule has 2 heterocycles. The van der Waals surface area contributed by atoms with Crippen molar-refractivity contribution < 1.29 is 9.53 Å². The summed E-state index contributed by atoms with van der Waals surface area (Å²) in [5.74, 6) is -0.414. The molecule has 0 unspecified atom stereocenters. The Hall–Kier alpha value is -3.02. The normalized spacial score (nSPS) is 10.5. The second kappa shape index (κ2) is 6.39. The summed E-state index contributed by atoms with van der Waals surface area (Å²) in [6.45, 7) is 4.18. The average Bonchev–Trinajstić information content (AvgIpc) is 2.92. The number of ether oxygens (including phenoxy) is 1. The highest BCUT2D eigenvalue weighted by Gasteiger charge is 2.08. The molecule has 0 spiro atoms. The summed E-state index contributed by atoms with van der Waals surface area (Å²) in [5, 5.41) is 11.7. The van der Waals surface area contributed by atoms with E-state index in [-0.39, 0.29) is 6.61 Å². The van der Waals surface area contributed by atoms with Crippen molar-refractivity contribution >= 4 is 5.97 Å². The van der Waals surface area contributed by atoms with E-state index in [1.165, 1.54) is 12.4 Å². The van der Waals surface area contributed by atoms with Crippen molar-refractivity contribution in [3.05, 3.63) is 71.3 Å². The fraction of sp³-hybridized carbons (Fsp3) is 0.176. The van der Waals surface area contributed by atoms with Crippen LogP contribution in [0.15, 0.2) is 48.8 Å². The van der Waals surface area contributed by atoms with Crippen LogP contribution in [0.4, 0.5) is 0 Å². The summed E-state index contributed by atoms with van der Waals surface area (Å²) in [5.41, 5.74) is 4.33. The highest BCUT2D eigenvalue weighted by atomic mass is 16.5. The first-order valence-electron chi connectivity index (χ1n) is 7.20. The number of benzene rings is 1. The Morgan fingerprint density at radius 1 is 1.13 bits per heavy atom. The van der Waals surface area contributed by atoms with Crippen LogP contribution < -0.4 is 0 Å². The van der Waals surface area contributed by atoms with E-state index >= 15 is 0 Å². The van der Waals surface area contributed by atoms with Gasteiger partial charge < -0.3 is 4.74 Å². The zero-order valence-electron chi connectivity index (χ0n) is 12.9. The largest absolute Gasteiger partial charge is 0.457 e. The van der Waals surface area contributed by atoms with Crippen LogP contribution in [0.2, 0.25) is 0 Å². The van der Waals surface area contributed by atoms with Gasteiger partial charge in [0.05, 0.1) is 29.3 Å². The molecule has 0 aliphatic carbocycles. The lowest BCUT2D eigenvalue weighted by Gasteiger charge is -2.07. The molecular weight excluding hydrogens is 292 g/mol. The van der Waals surface area contributed by atoms with Crippen LogP contribution in [-0.4, -0.2) is 25.9 Å². The van der Waals surface area contributed by atoms with Crippen molar-refractivity contribution in [3.63, 3.8) is 0 Å². The third kappa shape index (κ3) is 3.42. The van der Waals surface area contributed by atoms with E-state index in [9.17, 15) is 4.79 Å². The number of nitrogens with zero attached hydrogens (tertiary/aromatic N) is 4. The quantitative estimate of drug-likeness (QED) is 0.693. The van der Waals surface area contributed by atoms with Crippen LogP contribution in [0.5, 0.6) is 0 Å². The van der Waals surface area contributed by atoms with E-state index < -0.39 is 5.97 Å². The first-order chi connectivity index (χ1) is 11.1. The molecule has 1 aromatic carbocycles. The number of hydrogen-bond acceptors (Lipinski definition) is 5. The van der Waals surface area contributed by atoms with Crippen molar-refractivity contribution in [2.24, 2.45) is 0 Å². The molecule has 0 radical (unpaired) electrons. The number of aromatic nitrogens is 4. The van der Waals surface area contributed by atoms with Gasteiger partial charge in [-0.25, -0.2) is 9.48 Å². The molecular formula is C17H16N4O2. The zero-order chi connectivity index (χ0) is 16.2. The van der Waals surface area contributed by atoms with Crippen molar-refractivity contribution in [3.8, 4) is 5.69 Å². The first-order valence-corrected chi connectivity index (χ1v) is 7.20. The summed E-state index contributed by atoms with van der Waals surface area (Å²) in [7, 11) is 0. The fourth-order valence-corrected chi connectivity index (χ4v) is 2.27. The van der Waals surface area contributed by atoms with Gasteiger partial charge in [-0.05, 0) is 43.7 Å². The minimum Gasteiger partial charge on any atom is -0.457 e. The van der Waals surface area contributed by atoms with E-state index in [1.54, 1.807) is 6.07 Å². The molecule has 0 N–H and O–H groups in total. The third-order valence-electron chi connectivity index (χ3n) is 3.38. The van der Waals surface area contributed by atoms with E-state index in [1.807, 2.05) is 48.9 Å². The van der Waals surface area contributed by atoms with Gasteiger partial charge in [0.15, 0.2) is 0 Å². The van der Waals surface area contributed by atoms with Crippen molar-refractivity contribution in [2.75, 3.05) is 0 Å². The van der Waals surface area contributed by atoms with Gasteiger partial charge in [0.25, 0.3) is 0 Å². The standard InChI is InChI=1S/C17H16N4O2/c1-12-9-13(2)21(20-12)16-5-3-14(4-6-16)11-23-17(22)15-7-8-18-19-10-15/h3-10H,11H2,1-2H3. The summed E-state index contributed by atoms with van der Waals surface area (Å²) < 4.78 is 7.14. The highest BCUT2D eigenvalue weighted by Crippen LogP contribution is 2.14. The molecule has 0 aliphatic rings. The van der Waals surface area contributed by atoms with Gasteiger partial charge in [-0.15, -0.1) is 0 Å². The van der Waals surface area contributed by atoms with Crippen molar-refractivity contribution in [1.29, 1.82) is 0 Å². The lowest BCUT2D eigenvalue weighted by atomic mass is 10.2. The van der Waals surface area contributed by atoms with Crippen LogP contribution >= 0.6 is 0 Å². The molecule has 23 heavy (non-hydrogen) atoms. The lowest BCUT2D eigenvalue weighted by Crippen LogP contribution is -2.06. The zero-order valence-corrected chi connectivity index (χ0v) is 12.9. The molecule has 6 heteroatoms. The van der Waals surface area contributed by atoms with Gasteiger partial charge in [0, 0.05) is 5.69 Å². The van der Waals surface area contributed by atoms with Gasteiger partial charge in [-0.2, -0.15) is 15.3 Å². The minimum atomic E-state index is -0.414. The molecule has 116 valence electrons. The van der Waals surface area contributed by atoms with Crippen LogP contribution in [0.25, 0.3) is 5.69 Å². The Kier molecular flexibility index (Phi) is 4.14. The number of esters is 1. The first kappa shape index (κ1) is 14.9. The van der Waals surface area contributed by atoms with Crippen LogP contribution in [0.3, 0.4) is 0 Å². The maximum atomic E-state index is 11.8. The maximum absolute atomic E-state index is 11.8. The van der Waals surface area contributed by atoms with Gasteiger partial charge in [0.2, 0.25) is 0 Å². The summed E-state index contributed by atoms with van der Waals surface area (Å²) in [4.78, 5) is 11.8. The van der Waals surface area contributed by atoms with Gasteiger partial charge in [-0.1, -0.05) is 12.1 Å². The van der Waals surface area contributed by atoms with E-state index in [0.717, 1.165) is 22.6 Å². The Morgan fingerprint density at radius 2 is 1.91 bits per heavy atom. The number of carbonyl (C=O) groups is 1. The topological polar surface area (TPSA) is 69.9 Å². The van der Waals surface area contributed by atoms with Crippen molar-refractivity contribution in [2.45, 2.75) is 20.5 Å².